The average Bonchev–Trinajstić information content (AvgIpc) is 2.61. The molecule has 0 spiro atoms. The fourth-order valence-corrected chi connectivity index (χ4v) is 3.09. The molecule has 0 heterocycles. The number of guanidine groups is 1. The Bertz CT molecular complexity index is 600. The predicted octanol–water partition coefficient (Wildman–Crippen LogP) is 5.39. The summed E-state index contributed by atoms with van der Waals surface area (Å²) in [5.74, 6) is 0.334. The van der Waals surface area contributed by atoms with Crippen molar-refractivity contribution < 1.29 is 0 Å². The largest absolute Gasteiger partial charge is 0.326 e. The van der Waals surface area contributed by atoms with E-state index in [4.69, 9.17) is 5.41 Å². The number of aryl methyl sites for hydroxylation is 4. The maximum atomic E-state index is 8.43. The van der Waals surface area contributed by atoms with Crippen LogP contribution in [0, 0.1) is 5.41 Å². The molecule has 24 heavy (non-hydrogen) atoms. The first-order valence-electron chi connectivity index (χ1n) is 8.98. The molecule has 0 atom stereocenters. The van der Waals surface area contributed by atoms with Gasteiger partial charge in [-0.1, -0.05) is 64.1 Å². The molecule has 0 amide bonds. The van der Waals surface area contributed by atoms with Gasteiger partial charge >= 0.3 is 0 Å². The van der Waals surface area contributed by atoms with Crippen molar-refractivity contribution in [2.24, 2.45) is 0 Å². The summed E-state index contributed by atoms with van der Waals surface area (Å²) in [5, 5.41) is 15.0. The molecule has 0 aliphatic carbocycles. The van der Waals surface area contributed by atoms with Gasteiger partial charge in [0.15, 0.2) is 5.96 Å². The molecule has 0 fully saturated rings. The van der Waals surface area contributed by atoms with E-state index in [2.05, 4.69) is 74.7 Å². The molecule has 0 saturated carbocycles. The van der Waals surface area contributed by atoms with Crippen LogP contribution in [0.1, 0.15) is 49.9 Å². The highest BCUT2D eigenvalue weighted by atomic mass is 15.1. The van der Waals surface area contributed by atoms with Crippen LogP contribution in [-0.2, 0) is 25.7 Å². The molecule has 3 heteroatoms. The van der Waals surface area contributed by atoms with Gasteiger partial charge in [0.05, 0.1) is 0 Å². The van der Waals surface area contributed by atoms with E-state index in [-0.39, 0.29) is 0 Å². The Balaban J connectivity index is 2.27. The van der Waals surface area contributed by atoms with Crippen molar-refractivity contribution in [3.05, 3.63) is 58.7 Å². The number of rotatable bonds is 6. The molecule has 0 aliphatic heterocycles. The molecule has 128 valence electrons. The molecule has 2 rings (SSSR count). The third kappa shape index (κ3) is 3.97. The fraction of sp³-hybridized carbons (Fsp3) is 0.381. The normalized spacial score (nSPS) is 10.5. The van der Waals surface area contributed by atoms with Crippen LogP contribution in [0.4, 0.5) is 11.4 Å². The zero-order valence-electron chi connectivity index (χ0n) is 15.3. The van der Waals surface area contributed by atoms with Gasteiger partial charge in [-0.25, -0.2) is 0 Å². The second-order valence-electron chi connectivity index (χ2n) is 5.94. The van der Waals surface area contributed by atoms with Gasteiger partial charge in [0.25, 0.3) is 0 Å². The monoisotopic (exact) mass is 323 g/mol. The summed E-state index contributed by atoms with van der Waals surface area (Å²) < 4.78 is 0. The summed E-state index contributed by atoms with van der Waals surface area (Å²) in [4.78, 5) is 0. The molecule has 3 N–H and O–H groups in total. The van der Waals surface area contributed by atoms with E-state index >= 15 is 0 Å². The van der Waals surface area contributed by atoms with E-state index in [1.165, 1.54) is 22.3 Å². The average molecular weight is 323 g/mol. The SMILES string of the molecule is CCc1cccc(CC)c1NC(=N)Nc1c(CC)cccc1CC. The molecule has 0 radical (unpaired) electrons. The van der Waals surface area contributed by atoms with Crippen molar-refractivity contribution in [1.29, 1.82) is 5.41 Å². The Morgan fingerprint density at radius 1 is 0.667 bits per heavy atom. The quantitative estimate of drug-likeness (QED) is 0.493. The molecule has 3 nitrogen and oxygen atoms in total. The maximum Gasteiger partial charge on any atom is 0.197 e. The lowest BCUT2D eigenvalue weighted by atomic mass is 10.0. The van der Waals surface area contributed by atoms with Crippen molar-refractivity contribution in [2.75, 3.05) is 10.6 Å². The zero-order chi connectivity index (χ0) is 17.5. The van der Waals surface area contributed by atoms with Gasteiger partial charge in [0.2, 0.25) is 0 Å². The van der Waals surface area contributed by atoms with Gasteiger partial charge < -0.3 is 10.6 Å². The minimum absolute atomic E-state index is 0.334. The second kappa shape index (κ2) is 8.53. The van der Waals surface area contributed by atoms with Crippen LogP contribution in [0.15, 0.2) is 36.4 Å². The molecule has 0 bridgehead atoms. The number of hydrogen-bond acceptors (Lipinski definition) is 1. The Morgan fingerprint density at radius 2 is 0.958 bits per heavy atom. The maximum absolute atomic E-state index is 8.43. The lowest BCUT2D eigenvalue weighted by molar-refractivity contribution is 1.08. The topological polar surface area (TPSA) is 47.9 Å². The lowest BCUT2D eigenvalue weighted by Crippen LogP contribution is -2.23. The van der Waals surface area contributed by atoms with Gasteiger partial charge in [-0.15, -0.1) is 0 Å². The highest BCUT2D eigenvalue weighted by molar-refractivity contribution is 6.03. The second-order valence-corrected chi connectivity index (χ2v) is 5.94. The van der Waals surface area contributed by atoms with Crippen molar-refractivity contribution >= 4 is 17.3 Å². The smallest absolute Gasteiger partial charge is 0.197 e. The Labute approximate surface area is 146 Å². The third-order valence-electron chi connectivity index (χ3n) is 4.50. The highest BCUT2D eigenvalue weighted by Gasteiger charge is 2.11. The molecule has 0 aromatic heterocycles. The number of para-hydroxylation sites is 2. The Hall–Kier alpha value is -2.29. The van der Waals surface area contributed by atoms with Crippen LogP contribution >= 0.6 is 0 Å². The fourth-order valence-electron chi connectivity index (χ4n) is 3.09. The standard InChI is InChI=1S/C21H29N3/c1-5-15-11-9-12-16(6-2)19(15)23-21(22)24-20-17(7-3)13-10-14-18(20)8-4/h9-14H,5-8H2,1-4H3,(H3,22,23,24). The third-order valence-corrected chi connectivity index (χ3v) is 4.50. The summed E-state index contributed by atoms with van der Waals surface area (Å²) in [6.07, 6.45) is 3.81. The summed E-state index contributed by atoms with van der Waals surface area (Å²) in [6, 6.07) is 12.7. The van der Waals surface area contributed by atoms with Crippen molar-refractivity contribution in [2.45, 2.75) is 53.4 Å². The van der Waals surface area contributed by atoms with Crippen molar-refractivity contribution in [3.8, 4) is 0 Å². The first-order valence-corrected chi connectivity index (χ1v) is 8.98. The van der Waals surface area contributed by atoms with Crippen LogP contribution in [-0.4, -0.2) is 5.96 Å². The van der Waals surface area contributed by atoms with Crippen LogP contribution in [0.2, 0.25) is 0 Å². The van der Waals surface area contributed by atoms with Gasteiger partial charge in [-0.05, 0) is 47.9 Å². The van der Waals surface area contributed by atoms with Crippen LogP contribution < -0.4 is 10.6 Å². The van der Waals surface area contributed by atoms with E-state index < -0.39 is 0 Å². The molecule has 2 aromatic carbocycles. The molecular weight excluding hydrogens is 294 g/mol. The summed E-state index contributed by atoms with van der Waals surface area (Å²) in [5.41, 5.74) is 7.15. The Kier molecular flexibility index (Phi) is 6.42. The molecular formula is C21H29N3. The molecule has 0 saturated heterocycles. The van der Waals surface area contributed by atoms with Gasteiger partial charge in [-0.2, -0.15) is 0 Å². The minimum atomic E-state index is 0.334. The van der Waals surface area contributed by atoms with Crippen molar-refractivity contribution in [1.82, 2.24) is 0 Å². The zero-order valence-corrected chi connectivity index (χ0v) is 15.3. The lowest BCUT2D eigenvalue weighted by Gasteiger charge is -2.19. The number of anilines is 2. The first-order chi connectivity index (χ1) is 11.6. The summed E-state index contributed by atoms with van der Waals surface area (Å²) in [7, 11) is 0. The van der Waals surface area contributed by atoms with Gasteiger partial charge in [0.1, 0.15) is 0 Å². The number of benzene rings is 2. The van der Waals surface area contributed by atoms with E-state index in [0.717, 1.165) is 37.1 Å². The van der Waals surface area contributed by atoms with E-state index in [0.29, 0.717) is 5.96 Å². The van der Waals surface area contributed by atoms with Crippen molar-refractivity contribution in [3.63, 3.8) is 0 Å². The summed E-state index contributed by atoms with van der Waals surface area (Å²) in [6.45, 7) is 8.61. The Morgan fingerprint density at radius 3 is 1.21 bits per heavy atom. The molecule has 0 aliphatic rings. The number of nitrogens with one attached hydrogen (secondary N) is 3. The minimum Gasteiger partial charge on any atom is -0.326 e. The van der Waals surface area contributed by atoms with Gasteiger partial charge in [0, 0.05) is 11.4 Å². The first kappa shape index (κ1) is 18.1. The van der Waals surface area contributed by atoms with E-state index in [1.54, 1.807) is 0 Å². The summed E-state index contributed by atoms with van der Waals surface area (Å²) >= 11 is 0. The number of hydrogen-bond donors (Lipinski definition) is 3. The predicted molar refractivity (Wildman–Crippen MR) is 105 cm³/mol. The van der Waals surface area contributed by atoms with Crippen LogP contribution in [0.3, 0.4) is 0 Å². The van der Waals surface area contributed by atoms with Crippen LogP contribution in [0.5, 0.6) is 0 Å². The van der Waals surface area contributed by atoms with E-state index in [1.807, 2.05) is 0 Å². The highest BCUT2D eigenvalue weighted by Crippen LogP contribution is 2.25. The van der Waals surface area contributed by atoms with Crippen LogP contribution in [0.25, 0.3) is 0 Å². The van der Waals surface area contributed by atoms with E-state index in [9.17, 15) is 0 Å². The molecule has 2 aromatic rings. The van der Waals surface area contributed by atoms with Gasteiger partial charge in [-0.3, -0.25) is 5.41 Å². The molecule has 0 unspecified atom stereocenters.